The Morgan fingerprint density at radius 3 is 2.26 bits per heavy atom. The molecule has 1 aromatic heterocycles. The second-order valence-electron chi connectivity index (χ2n) is 9.26. The third-order valence-electron chi connectivity index (χ3n) is 7.52. The molecule has 0 radical (unpaired) electrons. The summed E-state index contributed by atoms with van der Waals surface area (Å²) < 4.78 is 0. The van der Waals surface area contributed by atoms with Gasteiger partial charge in [-0.15, -0.1) is 0 Å². The van der Waals surface area contributed by atoms with Crippen molar-refractivity contribution in [2.75, 3.05) is 31.1 Å². The van der Waals surface area contributed by atoms with Gasteiger partial charge in [0.2, 0.25) is 0 Å². The van der Waals surface area contributed by atoms with E-state index in [1.807, 2.05) is 12.1 Å². The number of nitrogens with zero attached hydrogens (tertiary/aromatic N) is 3. The molecule has 1 amide bonds. The molecule has 2 aliphatic carbocycles. The minimum atomic E-state index is 0.0207. The first-order valence-corrected chi connectivity index (χ1v) is 11.0. The van der Waals surface area contributed by atoms with Gasteiger partial charge in [0.05, 0.1) is 5.56 Å². The standard InChI is InChI=1S/C22H32N4O/c27-21(24-18-5-6-18)17-4-7-20(23-16-17)26-14-10-22(11-15-26)8-12-25(13-9-22)19-2-1-3-19/h4,7,16,18-19H,1-3,5-6,8-15H2,(H,24,27). The van der Waals surface area contributed by atoms with Gasteiger partial charge in [0.15, 0.2) is 0 Å². The summed E-state index contributed by atoms with van der Waals surface area (Å²) in [5, 5.41) is 3.03. The molecule has 146 valence electrons. The third-order valence-corrected chi connectivity index (χ3v) is 7.52. The van der Waals surface area contributed by atoms with Crippen LogP contribution in [0.25, 0.3) is 0 Å². The number of likely N-dealkylation sites (tertiary alicyclic amines) is 1. The number of hydrogen-bond acceptors (Lipinski definition) is 4. The van der Waals surface area contributed by atoms with Crippen LogP contribution in [0.2, 0.25) is 0 Å². The van der Waals surface area contributed by atoms with E-state index in [0.29, 0.717) is 17.0 Å². The Morgan fingerprint density at radius 2 is 1.70 bits per heavy atom. The number of aromatic nitrogens is 1. The molecule has 0 atom stereocenters. The maximum Gasteiger partial charge on any atom is 0.253 e. The van der Waals surface area contributed by atoms with Crippen LogP contribution in [0.5, 0.6) is 0 Å². The molecular weight excluding hydrogens is 336 g/mol. The van der Waals surface area contributed by atoms with Crippen LogP contribution >= 0.6 is 0 Å². The Labute approximate surface area is 162 Å². The van der Waals surface area contributed by atoms with Gasteiger partial charge in [-0.25, -0.2) is 4.98 Å². The van der Waals surface area contributed by atoms with Gasteiger partial charge in [0.1, 0.15) is 5.82 Å². The van der Waals surface area contributed by atoms with E-state index in [-0.39, 0.29) is 5.91 Å². The van der Waals surface area contributed by atoms with Gasteiger partial charge in [-0.3, -0.25) is 4.79 Å². The minimum Gasteiger partial charge on any atom is -0.357 e. The summed E-state index contributed by atoms with van der Waals surface area (Å²) in [6, 6.07) is 5.26. The number of anilines is 1. The molecule has 2 saturated carbocycles. The molecular formula is C22H32N4O. The third kappa shape index (κ3) is 3.71. The van der Waals surface area contributed by atoms with Gasteiger partial charge < -0.3 is 15.1 Å². The van der Waals surface area contributed by atoms with E-state index in [4.69, 9.17) is 0 Å². The van der Waals surface area contributed by atoms with Gasteiger partial charge >= 0.3 is 0 Å². The summed E-state index contributed by atoms with van der Waals surface area (Å²) in [5.74, 6) is 1.05. The van der Waals surface area contributed by atoms with Crippen LogP contribution in [0.15, 0.2) is 18.3 Å². The zero-order chi connectivity index (χ0) is 18.3. The molecule has 1 aromatic rings. The molecule has 4 fully saturated rings. The largest absolute Gasteiger partial charge is 0.357 e. The van der Waals surface area contributed by atoms with Crippen LogP contribution in [0.3, 0.4) is 0 Å². The van der Waals surface area contributed by atoms with E-state index in [0.717, 1.165) is 37.8 Å². The molecule has 1 N–H and O–H groups in total. The highest BCUT2D eigenvalue weighted by atomic mass is 16.1. The number of amides is 1. The Balaban J connectivity index is 1.14. The van der Waals surface area contributed by atoms with Crippen molar-refractivity contribution >= 4 is 11.7 Å². The summed E-state index contributed by atoms with van der Waals surface area (Å²) in [5.41, 5.74) is 1.25. The van der Waals surface area contributed by atoms with Crippen molar-refractivity contribution in [3.8, 4) is 0 Å². The fourth-order valence-corrected chi connectivity index (χ4v) is 5.03. The molecule has 5 nitrogen and oxygen atoms in total. The molecule has 5 heteroatoms. The predicted octanol–water partition coefficient (Wildman–Crippen LogP) is 3.21. The van der Waals surface area contributed by atoms with Crippen molar-refractivity contribution < 1.29 is 4.79 Å². The van der Waals surface area contributed by atoms with Crippen LogP contribution in [-0.2, 0) is 0 Å². The lowest BCUT2D eigenvalue weighted by Crippen LogP contribution is -2.51. The number of carbonyl (C=O) groups excluding carboxylic acids is 1. The smallest absolute Gasteiger partial charge is 0.253 e. The van der Waals surface area contributed by atoms with E-state index in [1.165, 1.54) is 58.0 Å². The quantitative estimate of drug-likeness (QED) is 0.887. The highest BCUT2D eigenvalue weighted by molar-refractivity contribution is 5.94. The van der Waals surface area contributed by atoms with Crippen molar-refractivity contribution in [1.82, 2.24) is 15.2 Å². The molecule has 2 aliphatic heterocycles. The summed E-state index contributed by atoms with van der Waals surface area (Å²) in [4.78, 5) is 21.9. The monoisotopic (exact) mass is 368 g/mol. The summed E-state index contributed by atoms with van der Waals surface area (Å²) in [6.45, 7) is 4.83. The SMILES string of the molecule is O=C(NC1CC1)c1ccc(N2CCC3(CC2)CCN(C2CCC2)CC3)nc1. The highest BCUT2D eigenvalue weighted by Crippen LogP contribution is 2.43. The lowest BCUT2D eigenvalue weighted by molar-refractivity contribution is 0.0305. The van der Waals surface area contributed by atoms with E-state index in [2.05, 4.69) is 20.1 Å². The number of nitrogens with one attached hydrogen (secondary N) is 1. The first-order chi connectivity index (χ1) is 13.2. The normalized spacial score (nSPS) is 26.0. The molecule has 2 saturated heterocycles. The molecule has 3 heterocycles. The predicted molar refractivity (Wildman–Crippen MR) is 107 cm³/mol. The second kappa shape index (κ2) is 7.08. The Bertz CT molecular complexity index is 662. The van der Waals surface area contributed by atoms with E-state index >= 15 is 0 Å². The van der Waals surface area contributed by atoms with Gasteiger partial charge in [0.25, 0.3) is 5.91 Å². The molecule has 0 aromatic carbocycles. The van der Waals surface area contributed by atoms with Crippen LogP contribution < -0.4 is 10.2 Å². The molecule has 0 bridgehead atoms. The molecule has 1 spiro atoms. The van der Waals surface area contributed by atoms with Crippen molar-refractivity contribution in [3.63, 3.8) is 0 Å². The maximum absolute atomic E-state index is 12.1. The Morgan fingerprint density at radius 1 is 1.00 bits per heavy atom. The average molecular weight is 369 g/mol. The van der Waals surface area contributed by atoms with Gasteiger partial charge in [-0.05, 0) is 82.0 Å². The lowest BCUT2D eigenvalue weighted by atomic mass is 9.70. The topological polar surface area (TPSA) is 48.5 Å². The van der Waals surface area contributed by atoms with Crippen molar-refractivity contribution in [2.45, 2.75) is 69.9 Å². The van der Waals surface area contributed by atoms with Crippen LogP contribution in [0, 0.1) is 5.41 Å². The fourth-order valence-electron chi connectivity index (χ4n) is 5.03. The first kappa shape index (κ1) is 17.5. The number of piperidine rings is 2. The molecule has 27 heavy (non-hydrogen) atoms. The average Bonchev–Trinajstić information content (AvgIpc) is 3.47. The van der Waals surface area contributed by atoms with Crippen molar-refractivity contribution in [2.24, 2.45) is 5.41 Å². The lowest BCUT2D eigenvalue weighted by Gasteiger charge is -2.50. The van der Waals surface area contributed by atoms with Crippen LogP contribution in [-0.4, -0.2) is 54.1 Å². The van der Waals surface area contributed by atoms with Crippen molar-refractivity contribution in [3.05, 3.63) is 23.9 Å². The number of hydrogen-bond donors (Lipinski definition) is 1. The van der Waals surface area contributed by atoms with Crippen LogP contribution in [0.1, 0.15) is 68.1 Å². The number of pyridine rings is 1. The summed E-state index contributed by atoms with van der Waals surface area (Å²) >= 11 is 0. The van der Waals surface area contributed by atoms with E-state index < -0.39 is 0 Å². The van der Waals surface area contributed by atoms with Gasteiger partial charge in [0, 0.05) is 31.4 Å². The zero-order valence-electron chi connectivity index (χ0n) is 16.3. The maximum atomic E-state index is 12.1. The zero-order valence-corrected chi connectivity index (χ0v) is 16.3. The first-order valence-electron chi connectivity index (χ1n) is 11.0. The Hall–Kier alpha value is -1.62. The molecule has 0 unspecified atom stereocenters. The second-order valence-corrected chi connectivity index (χ2v) is 9.26. The highest BCUT2D eigenvalue weighted by Gasteiger charge is 2.39. The molecule has 5 rings (SSSR count). The summed E-state index contributed by atoms with van der Waals surface area (Å²) in [7, 11) is 0. The summed E-state index contributed by atoms with van der Waals surface area (Å²) in [6.07, 6.45) is 13.6. The van der Waals surface area contributed by atoms with E-state index in [9.17, 15) is 4.79 Å². The Kier molecular flexibility index (Phi) is 4.58. The van der Waals surface area contributed by atoms with Gasteiger partial charge in [-0.1, -0.05) is 6.42 Å². The number of rotatable bonds is 4. The van der Waals surface area contributed by atoms with Crippen molar-refractivity contribution in [1.29, 1.82) is 0 Å². The van der Waals surface area contributed by atoms with Crippen LogP contribution in [0.4, 0.5) is 5.82 Å². The van der Waals surface area contributed by atoms with Gasteiger partial charge in [-0.2, -0.15) is 0 Å². The molecule has 4 aliphatic rings. The number of carbonyl (C=O) groups is 1. The van der Waals surface area contributed by atoms with E-state index in [1.54, 1.807) is 6.20 Å². The fraction of sp³-hybridized carbons (Fsp3) is 0.727. The minimum absolute atomic E-state index is 0.0207.